The fourth-order valence-electron chi connectivity index (χ4n) is 2.89. The molecule has 4 aromatic rings. The molecule has 140 valence electrons. The van der Waals surface area contributed by atoms with Gasteiger partial charge in [0.1, 0.15) is 5.65 Å². The molecule has 4 rings (SSSR count). The average molecular weight is 389 g/mol. The van der Waals surface area contributed by atoms with Gasteiger partial charge in [-0.1, -0.05) is 54.1 Å². The van der Waals surface area contributed by atoms with E-state index >= 15 is 0 Å². The molecule has 2 aromatic carbocycles. The Hall–Kier alpha value is -3.38. The summed E-state index contributed by atoms with van der Waals surface area (Å²) < 4.78 is 29.7. The van der Waals surface area contributed by atoms with Crippen LogP contribution in [0.3, 0.4) is 0 Å². The summed E-state index contributed by atoms with van der Waals surface area (Å²) in [4.78, 5) is 4.59. The van der Waals surface area contributed by atoms with Crippen LogP contribution >= 0.6 is 0 Å². The monoisotopic (exact) mass is 389 g/mol. The van der Waals surface area contributed by atoms with Crippen LogP contribution in [0.2, 0.25) is 0 Å². The van der Waals surface area contributed by atoms with Crippen molar-refractivity contribution in [1.82, 2.24) is 9.38 Å². The van der Waals surface area contributed by atoms with E-state index < -0.39 is 10.0 Å². The minimum Gasteiger partial charge on any atom is -0.306 e. The van der Waals surface area contributed by atoms with Gasteiger partial charge in [0.05, 0.1) is 16.8 Å². The first-order chi connectivity index (χ1) is 13.5. The molecular formula is C22H19N3O2S. The molecule has 2 aromatic heterocycles. The number of hydrogen-bond donors (Lipinski definition) is 1. The Morgan fingerprint density at radius 2 is 1.71 bits per heavy atom. The van der Waals surface area contributed by atoms with E-state index in [1.165, 1.54) is 5.41 Å². The number of pyridine rings is 1. The number of nitrogens with one attached hydrogen (secondary N) is 1. The molecule has 0 unspecified atom stereocenters. The standard InChI is InChI=1S/C22H19N3O2S/c1-17-9-11-18(12-10-17)13-15-28(26,27)24-20-7-3-2-6-19(20)21-16-25-14-5-4-8-22(25)23-21/h2-16,24H,1H3/b15-13+. The van der Waals surface area contributed by atoms with Crippen LogP contribution in [0, 0.1) is 6.92 Å². The first-order valence-electron chi connectivity index (χ1n) is 8.81. The highest BCUT2D eigenvalue weighted by atomic mass is 32.2. The molecule has 0 aliphatic rings. The van der Waals surface area contributed by atoms with E-state index in [1.54, 1.807) is 18.2 Å². The summed E-state index contributed by atoms with van der Waals surface area (Å²) in [6.45, 7) is 1.99. The second-order valence-electron chi connectivity index (χ2n) is 6.50. The summed E-state index contributed by atoms with van der Waals surface area (Å²) in [5, 5.41) is 1.18. The molecule has 1 N–H and O–H groups in total. The molecule has 0 saturated carbocycles. The van der Waals surface area contributed by atoms with Crippen molar-refractivity contribution in [3.63, 3.8) is 0 Å². The van der Waals surface area contributed by atoms with Crippen molar-refractivity contribution in [2.75, 3.05) is 4.72 Å². The maximum atomic E-state index is 12.6. The summed E-state index contributed by atoms with van der Waals surface area (Å²) in [6.07, 6.45) is 5.36. The van der Waals surface area contributed by atoms with E-state index in [9.17, 15) is 8.42 Å². The van der Waals surface area contributed by atoms with Crippen LogP contribution in [0.1, 0.15) is 11.1 Å². The van der Waals surface area contributed by atoms with Gasteiger partial charge in [0.2, 0.25) is 0 Å². The average Bonchev–Trinajstić information content (AvgIpc) is 3.12. The van der Waals surface area contributed by atoms with E-state index in [-0.39, 0.29) is 0 Å². The molecule has 0 bridgehead atoms. The highest BCUT2D eigenvalue weighted by Gasteiger charge is 2.13. The number of sulfonamides is 1. The van der Waals surface area contributed by atoms with Gasteiger partial charge >= 0.3 is 0 Å². The normalized spacial score (nSPS) is 11.9. The van der Waals surface area contributed by atoms with Crippen LogP contribution in [0.15, 0.2) is 84.5 Å². The lowest BCUT2D eigenvalue weighted by atomic mass is 10.1. The lowest BCUT2D eigenvalue weighted by Gasteiger charge is -2.09. The molecule has 0 aliphatic heterocycles. The van der Waals surface area contributed by atoms with E-state index in [2.05, 4.69) is 9.71 Å². The van der Waals surface area contributed by atoms with Crippen molar-refractivity contribution < 1.29 is 8.42 Å². The number of aromatic nitrogens is 2. The SMILES string of the molecule is Cc1ccc(/C=C/S(=O)(=O)Nc2ccccc2-c2cn3ccccc3n2)cc1. The number of rotatable bonds is 5. The third-order valence-electron chi connectivity index (χ3n) is 4.34. The third kappa shape index (κ3) is 3.97. The molecule has 28 heavy (non-hydrogen) atoms. The minimum absolute atomic E-state index is 0.486. The van der Waals surface area contributed by atoms with Crippen molar-refractivity contribution in [2.24, 2.45) is 0 Å². The number of aryl methyl sites for hydroxylation is 1. The predicted molar refractivity (Wildman–Crippen MR) is 113 cm³/mol. The van der Waals surface area contributed by atoms with Crippen molar-refractivity contribution in [3.05, 3.63) is 95.7 Å². The molecule has 0 fully saturated rings. The number of nitrogens with zero attached hydrogens (tertiary/aromatic N) is 2. The van der Waals surface area contributed by atoms with Gasteiger partial charge in [-0.15, -0.1) is 0 Å². The van der Waals surface area contributed by atoms with Crippen molar-refractivity contribution in [3.8, 4) is 11.3 Å². The first kappa shape index (κ1) is 18.0. The van der Waals surface area contributed by atoms with Gasteiger partial charge in [0.15, 0.2) is 0 Å². The second kappa shape index (κ2) is 7.32. The topological polar surface area (TPSA) is 63.5 Å². The highest BCUT2D eigenvalue weighted by molar-refractivity contribution is 7.95. The Kier molecular flexibility index (Phi) is 4.71. The van der Waals surface area contributed by atoms with Gasteiger partial charge < -0.3 is 4.40 Å². The molecule has 0 saturated heterocycles. The second-order valence-corrected chi connectivity index (χ2v) is 8.06. The van der Waals surface area contributed by atoms with Gasteiger partial charge in [-0.3, -0.25) is 4.72 Å². The smallest absolute Gasteiger partial charge is 0.255 e. The number of hydrogen-bond acceptors (Lipinski definition) is 3. The highest BCUT2D eigenvalue weighted by Crippen LogP contribution is 2.28. The molecular weight excluding hydrogens is 370 g/mol. The van der Waals surface area contributed by atoms with Gasteiger partial charge in [-0.25, -0.2) is 13.4 Å². The Balaban J connectivity index is 1.63. The molecule has 0 atom stereocenters. The van der Waals surface area contributed by atoms with Gasteiger partial charge in [0, 0.05) is 18.0 Å². The lowest BCUT2D eigenvalue weighted by molar-refractivity contribution is 0.609. The van der Waals surface area contributed by atoms with Crippen LogP contribution in [0.4, 0.5) is 5.69 Å². The minimum atomic E-state index is -3.67. The number of fused-ring (bicyclic) bond motifs is 1. The van der Waals surface area contributed by atoms with Crippen LogP contribution in [0.25, 0.3) is 23.0 Å². The largest absolute Gasteiger partial charge is 0.306 e. The van der Waals surface area contributed by atoms with E-state index in [1.807, 2.05) is 78.3 Å². The number of benzene rings is 2. The first-order valence-corrected chi connectivity index (χ1v) is 10.4. The van der Waals surface area contributed by atoms with Crippen molar-refractivity contribution in [2.45, 2.75) is 6.92 Å². The summed E-state index contributed by atoms with van der Waals surface area (Å²) in [5.41, 5.74) is 4.66. The van der Waals surface area contributed by atoms with Crippen LogP contribution in [-0.4, -0.2) is 17.8 Å². The summed E-state index contributed by atoms with van der Waals surface area (Å²) >= 11 is 0. The van der Waals surface area contributed by atoms with E-state index in [0.29, 0.717) is 11.4 Å². The fourth-order valence-corrected chi connectivity index (χ4v) is 3.78. The van der Waals surface area contributed by atoms with Crippen LogP contribution in [-0.2, 0) is 10.0 Å². The third-order valence-corrected chi connectivity index (χ3v) is 5.34. The molecule has 0 radical (unpaired) electrons. The maximum Gasteiger partial charge on any atom is 0.255 e. The van der Waals surface area contributed by atoms with Gasteiger partial charge in [-0.2, -0.15) is 0 Å². The Morgan fingerprint density at radius 3 is 2.50 bits per heavy atom. The predicted octanol–water partition coefficient (Wildman–Crippen LogP) is 4.72. The lowest BCUT2D eigenvalue weighted by Crippen LogP contribution is -2.09. The maximum absolute atomic E-state index is 12.6. The fraction of sp³-hybridized carbons (Fsp3) is 0.0455. The number of imidazole rings is 1. The molecule has 0 aliphatic carbocycles. The van der Waals surface area contributed by atoms with Crippen LogP contribution < -0.4 is 4.72 Å². The summed E-state index contributed by atoms with van der Waals surface area (Å²) in [6, 6.07) is 20.6. The molecule has 2 heterocycles. The van der Waals surface area contributed by atoms with E-state index in [4.69, 9.17) is 0 Å². The summed E-state index contributed by atoms with van der Waals surface area (Å²) in [7, 11) is -3.67. The Morgan fingerprint density at radius 1 is 0.964 bits per heavy atom. The number of anilines is 1. The van der Waals surface area contributed by atoms with Crippen molar-refractivity contribution in [1.29, 1.82) is 0 Å². The van der Waals surface area contributed by atoms with Gasteiger partial charge in [-0.05, 0) is 36.8 Å². The Bertz CT molecular complexity index is 1220. The zero-order chi connectivity index (χ0) is 19.6. The number of para-hydroxylation sites is 1. The van der Waals surface area contributed by atoms with E-state index in [0.717, 1.165) is 22.3 Å². The van der Waals surface area contributed by atoms with Gasteiger partial charge in [0.25, 0.3) is 10.0 Å². The Labute approximate surface area is 164 Å². The van der Waals surface area contributed by atoms with Crippen molar-refractivity contribution >= 4 is 27.4 Å². The zero-order valence-corrected chi connectivity index (χ0v) is 16.1. The zero-order valence-electron chi connectivity index (χ0n) is 15.3. The summed E-state index contributed by atoms with van der Waals surface area (Å²) in [5.74, 6) is 0. The molecule has 0 spiro atoms. The molecule has 6 heteroatoms. The van der Waals surface area contributed by atoms with Crippen LogP contribution in [0.5, 0.6) is 0 Å². The molecule has 5 nitrogen and oxygen atoms in total. The molecule has 0 amide bonds. The quantitative estimate of drug-likeness (QED) is 0.537.